The number of nitrogens with one attached hydrogen (secondary N) is 1. The normalized spacial score (nSPS) is 19.8. The summed E-state index contributed by atoms with van der Waals surface area (Å²) in [7, 11) is 0. The minimum absolute atomic E-state index is 0.398. The number of ether oxygens (including phenoxy) is 1. The van der Waals surface area contributed by atoms with Gasteiger partial charge in [-0.05, 0) is 40.2 Å². The summed E-state index contributed by atoms with van der Waals surface area (Å²) in [4.78, 5) is 25.4. The van der Waals surface area contributed by atoms with Gasteiger partial charge in [-0.25, -0.2) is 9.59 Å². The molecule has 0 aliphatic carbocycles. The van der Waals surface area contributed by atoms with E-state index in [2.05, 4.69) is 10.2 Å². The molecule has 110 valence electrons. The number of carbonyl (C=O) groups is 2. The van der Waals surface area contributed by atoms with Gasteiger partial charge in [0.15, 0.2) is 0 Å². The maximum absolute atomic E-state index is 11.8. The number of carboxylic acids is 1. The Morgan fingerprint density at radius 1 is 1.32 bits per heavy atom. The average molecular weight is 272 g/mol. The Morgan fingerprint density at radius 3 is 2.21 bits per heavy atom. The summed E-state index contributed by atoms with van der Waals surface area (Å²) in [5, 5.41) is 12.0. The number of aliphatic carboxylic acids is 1. The standard InChI is InChI=1S/C13H24N2O4/c1-5-15-8-6-13(7-9-15,10(16)17)14-11(18)19-12(2,3)4/h5-9H2,1-4H3,(H,14,18)(H,16,17). The Bertz CT molecular complexity index is 341. The van der Waals surface area contributed by atoms with Gasteiger partial charge in [-0.1, -0.05) is 6.92 Å². The zero-order valence-corrected chi connectivity index (χ0v) is 12.2. The van der Waals surface area contributed by atoms with E-state index in [-0.39, 0.29) is 0 Å². The monoisotopic (exact) mass is 272 g/mol. The lowest BCUT2D eigenvalue weighted by Crippen LogP contribution is -2.60. The number of hydrogen-bond acceptors (Lipinski definition) is 4. The fourth-order valence-corrected chi connectivity index (χ4v) is 2.14. The smallest absolute Gasteiger partial charge is 0.408 e. The van der Waals surface area contributed by atoms with Crippen LogP contribution in [0.4, 0.5) is 4.79 Å². The molecule has 0 aromatic heterocycles. The Kier molecular flexibility index (Phi) is 4.79. The molecule has 19 heavy (non-hydrogen) atoms. The largest absolute Gasteiger partial charge is 0.480 e. The van der Waals surface area contributed by atoms with Crippen LogP contribution in [0.25, 0.3) is 0 Å². The molecule has 0 unspecified atom stereocenters. The number of hydrogen-bond donors (Lipinski definition) is 2. The zero-order chi connectivity index (χ0) is 14.7. The highest BCUT2D eigenvalue weighted by Gasteiger charge is 2.43. The summed E-state index contributed by atoms with van der Waals surface area (Å²) >= 11 is 0. The zero-order valence-electron chi connectivity index (χ0n) is 12.2. The van der Waals surface area contributed by atoms with E-state index >= 15 is 0 Å². The van der Waals surface area contributed by atoms with Gasteiger partial charge in [-0.3, -0.25) is 0 Å². The molecule has 1 saturated heterocycles. The summed E-state index contributed by atoms with van der Waals surface area (Å²) in [5.74, 6) is -0.992. The van der Waals surface area contributed by atoms with Gasteiger partial charge >= 0.3 is 12.1 Å². The first-order chi connectivity index (χ1) is 8.68. The molecule has 1 aliphatic heterocycles. The number of carboxylic acid groups (broad SMARTS) is 1. The molecule has 0 atom stereocenters. The van der Waals surface area contributed by atoms with E-state index in [1.54, 1.807) is 20.8 Å². The van der Waals surface area contributed by atoms with Gasteiger partial charge in [-0.2, -0.15) is 0 Å². The number of amides is 1. The lowest BCUT2D eigenvalue weighted by molar-refractivity contribution is -0.147. The van der Waals surface area contributed by atoms with Gasteiger partial charge in [0.05, 0.1) is 0 Å². The highest BCUT2D eigenvalue weighted by Crippen LogP contribution is 2.23. The van der Waals surface area contributed by atoms with Crippen LogP contribution in [0.2, 0.25) is 0 Å². The fraction of sp³-hybridized carbons (Fsp3) is 0.846. The van der Waals surface area contributed by atoms with Crippen molar-refractivity contribution in [2.24, 2.45) is 0 Å². The second kappa shape index (κ2) is 5.77. The molecule has 2 N–H and O–H groups in total. The van der Waals surface area contributed by atoms with Crippen molar-refractivity contribution in [2.75, 3.05) is 19.6 Å². The lowest BCUT2D eigenvalue weighted by Gasteiger charge is -2.39. The molecule has 6 nitrogen and oxygen atoms in total. The Hall–Kier alpha value is -1.30. The van der Waals surface area contributed by atoms with Crippen molar-refractivity contribution in [1.29, 1.82) is 0 Å². The summed E-state index contributed by atoms with van der Waals surface area (Å²) in [6.07, 6.45) is 0.130. The molecule has 0 aromatic rings. The molecular weight excluding hydrogens is 248 g/mol. The van der Waals surface area contributed by atoms with Gasteiger partial charge in [-0.15, -0.1) is 0 Å². The second-order valence-corrected chi connectivity index (χ2v) is 5.95. The van der Waals surface area contributed by atoms with Gasteiger partial charge in [0, 0.05) is 13.1 Å². The van der Waals surface area contributed by atoms with Gasteiger partial charge < -0.3 is 20.1 Å². The molecule has 1 fully saturated rings. The molecule has 1 aliphatic rings. The van der Waals surface area contributed by atoms with Crippen LogP contribution in [0.1, 0.15) is 40.5 Å². The molecule has 0 saturated carbocycles. The van der Waals surface area contributed by atoms with Crippen LogP contribution in [0.15, 0.2) is 0 Å². The average Bonchev–Trinajstić information content (AvgIpc) is 2.27. The highest BCUT2D eigenvalue weighted by molar-refractivity contribution is 5.84. The van der Waals surface area contributed by atoms with Crippen LogP contribution in [0.5, 0.6) is 0 Å². The predicted octanol–water partition coefficient (Wildman–Crippen LogP) is 1.45. The van der Waals surface area contributed by atoms with Crippen LogP contribution in [-0.4, -0.2) is 52.8 Å². The third-order valence-electron chi connectivity index (χ3n) is 3.31. The van der Waals surface area contributed by atoms with Crippen molar-refractivity contribution < 1.29 is 19.4 Å². The van der Waals surface area contributed by atoms with Crippen molar-refractivity contribution in [3.8, 4) is 0 Å². The van der Waals surface area contributed by atoms with E-state index in [4.69, 9.17) is 4.74 Å². The van der Waals surface area contributed by atoms with Crippen LogP contribution in [0.3, 0.4) is 0 Å². The topological polar surface area (TPSA) is 78.9 Å². The minimum atomic E-state index is -1.20. The van der Waals surface area contributed by atoms with Crippen molar-refractivity contribution in [3.05, 3.63) is 0 Å². The first-order valence-electron chi connectivity index (χ1n) is 6.65. The van der Waals surface area contributed by atoms with Gasteiger partial charge in [0.25, 0.3) is 0 Å². The molecule has 1 rings (SSSR count). The quantitative estimate of drug-likeness (QED) is 0.813. The van der Waals surface area contributed by atoms with Crippen molar-refractivity contribution in [3.63, 3.8) is 0 Å². The molecule has 6 heteroatoms. The fourth-order valence-electron chi connectivity index (χ4n) is 2.14. The summed E-state index contributed by atoms with van der Waals surface area (Å²) < 4.78 is 5.14. The van der Waals surface area contributed by atoms with E-state index in [0.717, 1.165) is 6.54 Å². The number of rotatable bonds is 3. The van der Waals surface area contributed by atoms with Crippen molar-refractivity contribution in [1.82, 2.24) is 10.2 Å². The molecule has 1 heterocycles. The molecule has 0 radical (unpaired) electrons. The first kappa shape index (κ1) is 15.8. The lowest BCUT2D eigenvalue weighted by atomic mass is 9.87. The van der Waals surface area contributed by atoms with E-state index in [1.807, 2.05) is 6.92 Å². The number of alkyl carbamates (subject to hydrolysis) is 1. The van der Waals surface area contributed by atoms with Crippen molar-refractivity contribution in [2.45, 2.75) is 51.7 Å². The van der Waals surface area contributed by atoms with Crippen LogP contribution in [-0.2, 0) is 9.53 Å². The van der Waals surface area contributed by atoms with Gasteiger partial charge in [0.1, 0.15) is 11.1 Å². The first-order valence-corrected chi connectivity index (χ1v) is 6.65. The van der Waals surface area contributed by atoms with Crippen molar-refractivity contribution >= 4 is 12.1 Å². The Morgan fingerprint density at radius 2 is 1.84 bits per heavy atom. The molecule has 0 bridgehead atoms. The molecule has 0 aromatic carbocycles. The Balaban J connectivity index is 2.69. The van der Waals surface area contributed by atoms with Gasteiger partial charge in [0.2, 0.25) is 0 Å². The number of nitrogens with zero attached hydrogens (tertiary/aromatic N) is 1. The number of piperidine rings is 1. The van der Waals surface area contributed by atoms with Crippen LogP contribution >= 0.6 is 0 Å². The summed E-state index contributed by atoms with van der Waals surface area (Å²) in [5.41, 5.74) is -1.83. The third kappa shape index (κ3) is 4.38. The van der Waals surface area contributed by atoms with E-state index in [9.17, 15) is 14.7 Å². The number of likely N-dealkylation sites (tertiary alicyclic amines) is 1. The second-order valence-electron chi connectivity index (χ2n) is 5.95. The Labute approximate surface area is 114 Å². The van der Waals surface area contributed by atoms with E-state index in [0.29, 0.717) is 25.9 Å². The molecule has 0 spiro atoms. The third-order valence-corrected chi connectivity index (χ3v) is 3.31. The highest BCUT2D eigenvalue weighted by atomic mass is 16.6. The SMILES string of the molecule is CCN1CCC(NC(=O)OC(C)(C)C)(C(=O)O)CC1. The van der Waals surface area contributed by atoms with Crippen LogP contribution in [0, 0.1) is 0 Å². The summed E-state index contributed by atoms with van der Waals surface area (Å²) in [6.45, 7) is 9.51. The summed E-state index contributed by atoms with van der Waals surface area (Å²) in [6, 6.07) is 0. The van der Waals surface area contributed by atoms with E-state index in [1.165, 1.54) is 0 Å². The van der Waals surface area contributed by atoms with E-state index < -0.39 is 23.2 Å². The minimum Gasteiger partial charge on any atom is -0.480 e. The predicted molar refractivity (Wildman–Crippen MR) is 71.1 cm³/mol. The molecule has 1 amide bonds. The maximum atomic E-state index is 11.8. The van der Waals surface area contributed by atoms with Crippen LogP contribution < -0.4 is 5.32 Å². The number of carbonyl (C=O) groups excluding carboxylic acids is 1. The maximum Gasteiger partial charge on any atom is 0.408 e. The molecular formula is C13H24N2O4.